The summed E-state index contributed by atoms with van der Waals surface area (Å²) < 4.78 is 7.08. The van der Waals surface area contributed by atoms with Crippen molar-refractivity contribution < 1.29 is 14.2 Å². The van der Waals surface area contributed by atoms with E-state index in [9.17, 15) is 10.4 Å². The highest BCUT2D eigenvalue weighted by Gasteiger charge is 2.26. The van der Waals surface area contributed by atoms with Crippen LogP contribution in [0.4, 0.5) is 0 Å². The third kappa shape index (κ3) is 2.69. The Hall–Kier alpha value is -1.08. The maximum atomic E-state index is 12.4. The van der Waals surface area contributed by atoms with Crippen LogP contribution in [-0.4, -0.2) is 6.61 Å². The first kappa shape index (κ1) is 15.3. The lowest BCUT2D eigenvalue weighted by Crippen LogP contribution is -2.45. The molecule has 0 aliphatic heterocycles. The third-order valence-corrected chi connectivity index (χ3v) is 4.00. The van der Waals surface area contributed by atoms with Crippen LogP contribution in [0, 0.1) is 10.4 Å². The van der Waals surface area contributed by atoms with Crippen molar-refractivity contribution in [3.05, 3.63) is 40.0 Å². The number of benzene rings is 1. The number of fused-ring (bicyclic) bond motifs is 1. The minimum atomic E-state index is 0.313. The summed E-state index contributed by atoms with van der Waals surface area (Å²) in [5.41, 5.74) is 1.46. The van der Waals surface area contributed by atoms with E-state index in [1.165, 1.54) is 0 Å². The van der Waals surface area contributed by atoms with Crippen molar-refractivity contribution in [2.45, 2.75) is 24.0 Å². The first-order chi connectivity index (χ1) is 9.63. The summed E-state index contributed by atoms with van der Waals surface area (Å²) in [6.45, 7) is 2.58. The summed E-state index contributed by atoms with van der Waals surface area (Å²) in [4.78, 5) is 0. The van der Waals surface area contributed by atoms with Crippen molar-refractivity contribution in [1.82, 2.24) is 0 Å². The highest BCUT2D eigenvalue weighted by molar-refractivity contribution is 9.09. The van der Waals surface area contributed by atoms with Crippen molar-refractivity contribution in [3.8, 4) is 5.75 Å². The van der Waals surface area contributed by atoms with E-state index in [4.69, 9.17) is 4.74 Å². The van der Waals surface area contributed by atoms with Crippen LogP contribution in [0.25, 0.3) is 11.0 Å². The van der Waals surface area contributed by atoms with E-state index in [1.807, 2.05) is 6.92 Å². The highest BCUT2D eigenvalue weighted by atomic mass is 79.9. The van der Waals surface area contributed by atoms with Crippen molar-refractivity contribution >= 4 is 42.9 Å². The van der Waals surface area contributed by atoms with Crippen molar-refractivity contribution in [1.29, 1.82) is 0 Å². The predicted octanol–water partition coefficient (Wildman–Crippen LogP) is 2.69. The van der Waals surface area contributed by atoms with Gasteiger partial charge in [0.15, 0.2) is 0 Å². The quantitative estimate of drug-likeness (QED) is 0.436. The summed E-state index contributed by atoms with van der Waals surface area (Å²) in [7, 11) is 0. The topological polar surface area (TPSA) is 63.1 Å². The maximum Gasteiger partial charge on any atom is 0.294 e. The van der Waals surface area contributed by atoms with Gasteiger partial charge in [0.05, 0.1) is 23.3 Å². The molecule has 0 atom stereocenters. The Bertz CT molecular complexity index is 635. The van der Waals surface area contributed by atoms with E-state index in [-0.39, 0.29) is 0 Å². The van der Waals surface area contributed by atoms with E-state index < -0.39 is 0 Å². The van der Waals surface area contributed by atoms with Gasteiger partial charge in [0.25, 0.3) is 22.4 Å². The molecule has 0 radical (unpaired) electrons. The lowest BCUT2D eigenvalue weighted by molar-refractivity contribution is -0.638. The SMILES string of the molecule is CCCOc1ccc2c(c1)[n+]([O-])c(CBr)c(CBr)[n+]2[O-]. The Kier molecular flexibility index (Phi) is 5.04. The molecule has 0 saturated heterocycles. The Morgan fingerprint density at radius 1 is 1.05 bits per heavy atom. The minimum absolute atomic E-state index is 0.313. The lowest BCUT2D eigenvalue weighted by atomic mass is 10.2. The first-order valence-corrected chi connectivity index (χ1v) is 8.43. The van der Waals surface area contributed by atoms with Crippen LogP contribution >= 0.6 is 31.9 Å². The van der Waals surface area contributed by atoms with E-state index in [1.54, 1.807) is 18.2 Å². The predicted molar refractivity (Wildman–Crippen MR) is 82.9 cm³/mol. The van der Waals surface area contributed by atoms with Gasteiger partial charge in [-0.3, -0.25) is 0 Å². The standard InChI is InChI=1S/C13H14Br2N2O3/c1-2-5-20-9-3-4-10-11(6-9)17(19)13(8-15)12(7-14)16(10)18/h3-4,6H,2,5,7-8H2,1H3. The molecule has 0 fully saturated rings. The van der Waals surface area contributed by atoms with Gasteiger partial charge in [-0.15, -0.1) is 0 Å². The Labute approximate surface area is 133 Å². The lowest BCUT2D eigenvalue weighted by Gasteiger charge is -2.12. The number of hydrogen-bond donors (Lipinski definition) is 0. The number of halogens is 2. The summed E-state index contributed by atoms with van der Waals surface area (Å²) in [6, 6.07) is 4.93. The zero-order valence-electron chi connectivity index (χ0n) is 10.9. The van der Waals surface area contributed by atoms with E-state index in [2.05, 4.69) is 31.9 Å². The average molecular weight is 406 g/mol. The van der Waals surface area contributed by atoms with Gasteiger partial charge in [-0.25, -0.2) is 0 Å². The third-order valence-electron chi connectivity index (χ3n) is 2.93. The zero-order chi connectivity index (χ0) is 14.7. The fraction of sp³-hybridized carbons (Fsp3) is 0.385. The summed E-state index contributed by atoms with van der Waals surface area (Å²) in [6.07, 6.45) is 0.881. The van der Waals surface area contributed by atoms with Crippen LogP contribution in [0.3, 0.4) is 0 Å². The Balaban J connectivity index is 2.66. The van der Waals surface area contributed by atoms with Crippen LogP contribution in [-0.2, 0) is 10.7 Å². The smallest absolute Gasteiger partial charge is 0.294 e. The number of hydrogen-bond acceptors (Lipinski definition) is 3. The molecular weight excluding hydrogens is 392 g/mol. The molecule has 0 spiro atoms. The molecule has 7 heteroatoms. The fourth-order valence-electron chi connectivity index (χ4n) is 1.94. The van der Waals surface area contributed by atoms with Gasteiger partial charge in [0.1, 0.15) is 5.75 Å². The first-order valence-electron chi connectivity index (χ1n) is 6.19. The number of alkyl halides is 2. The summed E-state index contributed by atoms with van der Waals surface area (Å²) >= 11 is 6.51. The second-order valence-corrected chi connectivity index (χ2v) is 5.37. The van der Waals surface area contributed by atoms with E-state index >= 15 is 0 Å². The zero-order valence-corrected chi connectivity index (χ0v) is 14.1. The molecule has 1 aromatic heterocycles. The van der Waals surface area contributed by atoms with Crippen LogP contribution in [0.15, 0.2) is 18.2 Å². The van der Waals surface area contributed by atoms with Gasteiger partial charge in [0, 0.05) is 6.07 Å². The molecular formula is C13H14Br2N2O3. The molecule has 2 aromatic rings. The second kappa shape index (κ2) is 6.58. The molecule has 2 rings (SSSR count). The molecule has 108 valence electrons. The molecule has 5 nitrogen and oxygen atoms in total. The van der Waals surface area contributed by atoms with Crippen LogP contribution in [0.5, 0.6) is 5.75 Å². The Morgan fingerprint density at radius 2 is 1.65 bits per heavy atom. The van der Waals surface area contributed by atoms with Gasteiger partial charge < -0.3 is 15.2 Å². The van der Waals surface area contributed by atoms with Gasteiger partial charge in [-0.05, 0) is 12.5 Å². The molecule has 0 unspecified atom stereocenters. The molecule has 0 saturated carbocycles. The molecule has 20 heavy (non-hydrogen) atoms. The largest absolute Gasteiger partial charge is 0.618 e. The van der Waals surface area contributed by atoms with Crippen molar-refractivity contribution in [2.24, 2.45) is 0 Å². The molecule has 1 aromatic carbocycles. The monoisotopic (exact) mass is 404 g/mol. The van der Waals surface area contributed by atoms with E-state index in [0.29, 0.717) is 45.4 Å². The highest BCUT2D eigenvalue weighted by Crippen LogP contribution is 2.19. The Morgan fingerprint density at radius 3 is 2.20 bits per heavy atom. The van der Waals surface area contributed by atoms with Gasteiger partial charge in [-0.1, -0.05) is 38.8 Å². The summed E-state index contributed by atoms with van der Waals surface area (Å²) in [5, 5.41) is 25.3. The molecule has 1 heterocycles. The maximum absolute atomic E-state index is 12.4. The molecule has 0 aliphatic carbocycles. The molecule has 0 bridgehead atoms. The fourth-order valence-corrected chi connectivity index (χ4v) is 3.04. The van der Waals surface area contributed by atoms with E-state index in [0.717, 1.165) is 15.9 Å². The average Bonchev–Trinajstić information content (AvgIpc) is 2.48. The van der Waals surface area contributed by atoms with Crippen molar-refractivity contribution in [2.75, 3.05) is 6.61 Å². The number of nitrogens with zero attached hydrogens (tertiary/aromatic N) is 2. The summed E-state index contributed by atoms with van der Waals surface area (Å²) in [5.74, 6) is 0.594. The van der Waals surface area contributed by atoms with Gasteiger partial charge in [0.2, 0.25) is 0 Å². The minimum Gasteiger partial charge on any atom is -0.618 e. The molecule has 0 amide bonds. The van der Waals surface area contributed by atoms with Gasteiger partial charge >= 0.3 is 0 Å². The van der Waals surface area contributed by atoms with Crippen LogP contribution < -0.4 is 14.2 Å². The number of aromatic nitrogens is 2. The molecule has 0 N–H and O–H groups in total. The van der Waals surface area contributed by atoms with Crippen LogP contribution in [0.2, 0.25) is 0 Å². The molecule has 0 aliphatic rings. The second-order valence-electron chi connectivity index (χ2n) is 4.25. The number of rotatable bonds is 5. The van der Waals surface area contributed by atoms with Crippen LogP contribution in [0.1, 0.15) is 24.7 Å². The number of ether oxygens (including phenoxy) is 1. The van der Waals surface area contributed by atoms with Gasteiger partial charge in [-0.2, -0.15) is 9.46 Å². The normalized spacial score (nSPS) is 10.9. The van der Waals surface area contributed by atoms with Crippen molar-refractivity contribution in [3.63, 3.8) is 0 Å².